The van der Waals surface area contributed by atoms with Crippen LogP contribution in [0.5, 0.6) is 0 Å². The SMILES string of the molecule is CC(C)(C)c1ccc(-n2c(-c3cn(CCCCN)c4ccccc34)c(C#N)[nH]c2=O)cc1. The van der Waals surface area contributed by atoms with E-state index in [2.05, 4.69) is 42.5 Å². The second-order valence-corrected chi connectivity index (χ2v) is 9.15. The number of nitrogens with zero attached hydrogens (tertiary/aromatic N) is 3. The first-order valence-corrected chi connectivity index (χ1v) is 11.0. The minimum Gasteiger partial charge on any atom is -0.347 e. The zero-order chi connectivity index (χ0) is 22.9. The molecule has 2 heterocycles. The highest BCUT2D eigenvalue weighted by Gasteiger charge is 2.22. The van der Waals surface area contributed by atoms with Crippen molar-refractivity contribution in [2.45, 2.75) is 45.6 Å². The molecule has 0 fully saturated rings. The largest absolute Gasteiger partial charge is 0.347 e. The van der Waals surface area contributed by atoms with Crippen LogP contribution in [-0.4, -0.2) is 20.7 Å². The van der Waals surface area contributed by atoms with Crippen LogP contribution in [0.15, 0.2) is 59.5 Å². The summed E-state index contributed by atoms with van der Waals surface area (Å²) in [7, 11) is 0. The van der Waals surface area contributed by atoms with E-state index in [4.69, 9.17) is 5.73 Å². The molecule has 6 heteroatoms. The van der Waals surface area contributed by atoms with Gasteiger partial charge in [0.25, 0.3) is 0 Å². The number of rotatable bonds is 6. The summed E-state index contributed by atoms with van der Waals surface area (Å²) in [4.78, 5) is 15.7. The van der Waals surface area contributed by atoms with Crippen molar-refractivity contribution in [3.05, 3.63) is 76.5 Å². The number of H-pyrrole nitrogens is 1. The highest BCUT2D eigenvalue weighted by Crippen LogP contribution is 2.34. The monoisotopic (exact) mass is 427 g/mol. The Kier molecular flexibility index (Phi) is 5.77. The lowest BCUT2D eigenvalue weighted by molar-refractivity contribution is 0.590. The molecule has 0 radical (unpaired) electrons. The standard InChI is InChI=1S/C26H29N5O/c1-26(2,3)18-10-12-19(13-11-18)31-24(22(16-28)29-25(31)32)21-17-30(15-7-6-14-27)23-9-5-4-8-20(21)23/h4-5,8-13,17H,6-7,14-15,27H2,1-3H3,(H,29,32). The Morgan fingerprint density at radius 3 is 2.44 bits per heavy atom. The summed E-state index contributed by atoms with van der Waals surface area (Å²) in [6.07, 6.45) is 3.96. The molecule has 0 unspecified atom stereocenters. The summed E-state index contributed by atoms with van der Waals surface area (Å²) in [5, 5.41) is 10.8. The summed E-state index contributed by atoms with van der Waals surface area (Å²) in [6, 6.07) is 18.3. The van der Waals surface area contributed by atoms with Crippen LogP contribution in [0.2, 0.25) is 0 Å². The summed E-state index contributed by atoms with van der Waals surface area (Å²) in [5.41, 5.74) is 10.1. The van der Waals surface area contributed by atoms with Gasteiger partial charge in [-0.2, -0.15) is 5.26 Å². The number of aromatic nitrogens is 3. The van der Waals surface area contributed by atoms with Crippen LogP contribution in [0.3, 0.4) is 0 Å². The average Bonchev–Trinajstić information content (AvgIpc) is 3.30. The van der Waals surface area contributed by atoms with E-state index in [1.54, 1.807) is 4.57 Å². The maximum atomic E-state index is 13.0. The molecule has 0 saturated heterocycles. The van der Waals surface area contributed by atoms with Gasteiger partial charge in [0.05, 0.1) is 11.4 Å². The number of fused-ring (bicyclic) bond motifs is 1. The van der Waals surface area contributed by atoms with Crippen LogP contribution >= 0.6 is 0 Å². The number of hydrogen-bond donors (Lipinski definition) is 2. The van der Waals surface area contributed by atoms with Crippen molar-refractivity contribution in [1.29, 1.82) is 5.26 Å². The number of para-hydroxylation sites is 1. The molecule has 0 bridgehead atoms. The lowest BCUT2D eigenvalue weighted by Gasteiger charge is -2.19. The van der Waals surface area contributed by atoms with E-state index in [1.165, 1.54) is 5.56 Å². The Balaban J connectivity index is 1.91. The van der Waals surface area contributed by atoms with Gasteiger partial charge in [-0.15, -0.1) is 0 Å². The summed E-state index contributed by atoms with van der Waals surface area (Å²) in [6.45, 7) is 7.96. The first kappa shape index (κ1) is 21.7. The highest BCUT2D eigenvalue weighted by molar-refractivity contribution is 5.96. The van der Waals surface area contributed by atoms with Crippen molar-refractivity contribution < 1.29 is 0 Å². The third kappa shape index (κ3) is 3.88. The molecule has 0 aliphatic rings. The summed E-state index contributed by atoms with van der Waals surface area (Å²) < 4.78 is 3.79. The van der Waals surface area contributed by atoms with Gasteiger partial charge in [0.1, 0.15) is 11.8 Å². The van der Waals surface area contributed by atoms with Gasteiger partial charge in [0.2, 0.25) is 0 Å². The maximum absolute atomic E-state index is 13.0. The molecule has 0 spiro atoms. The number of hydrogen-bond acceptors (Lipinski definition) is 3. The minimum absolute atomic E-state index is 0.0131. The number of aryl methyl sites for hydroxylation is 1. The van der Waals surface area contributed by atoms with Crippen LogP contribution in [0.4, 0.5) is 0 Å². The molecule has 32 heavy (non-hydrogen) atoms. The third-order valence-electron chi connectivity index (χ3n) is 5.90. The summed E-state index contributed by atoms with van der Waals surface area (Å²) >= 11 is 0. The number of nitriles is 1. The maximum Gasteiger partial charge on any atom is 0.331 e. The normalized spacial score (nSPS) is 11.7. The number of nitrogens with one attached hydrogen (secondary N) is 1. The number of imidazole rings is 1. The number of benzene rings is 2. The Bertz CT molecular complexity index is 1340. The zero-order valence-electron chi connectivity index (χ0n) is 18.9. The molecule has 0 aliphatic heterocycles. The predicted molar refractivity (Wildman–Crippen MR) is 129 cm³/mol. The molecule has 3 N–H and O–H groups in total. The van der Waals surface area contributed by atoms with Gasteiger partial charge >= 0.3 is 5.69 Å². The Morgan fingerprint density at radius 2 is 1.78 bits per heavy atom. The molecule has 4 aromatic rings. The zero-order valence-corrected chi connectivity index (χ0v) is 18.9. The van der Waals surface area contributed by atoms with E-state index >= 15 is 0 Å². The third-order valence-corrected chi connectivity index (χ3v) is 5.90. The molecule has 0 saturated carbocycles. The van der Waals surface area contributed by atoms with Crippen LogP contribution in [0.25, 0.3) is 27.8 Å². The second-order valence-electron chi connectivity index (χ2n) is 9.15. The molecular formula is C26H29N5O. The average molecular weight is 428 g/mol. The van der Waals surface area contributed by atoms with Gasteiger partial charge in [-0.25, -0.2) is 4.79 Å². The summed E-state index contributed by atoms with van der Waals surface area (Å²) in [5.74, 6) is 0. The molecule has 6 nitrogen and oxygen atoms in total. The topological polar surface area (TPSA) is 92.5 Å². The van der Waals surface area contributed by atoms with Gasteiger partial charge in [0.15, 0.2) is 0 Å². The van der Waals surface area contributed by atoms with Gasteiger partial charge in [-0.1, -0.05) is 51.1 Å². The molecule has 0 atom stereocenters. The van der Waals surface area contributed by atoms with E-state index in [1.807, 2.05) is 48.7 Å². The smallest absolute Gasteiger partial charge is 0.331 e. The van der Waals surface area contributed by atoms with Crippen LogP contribution < -0.4 is 11.4 Å². The van der Waals surface area contributed by atoms with E-state index in [0.29, 0.717) is 12.2 Å². The van der Waals surface area contributed by atoms with Gasteiger partial charge < -0.3 is 10.3 Å². The van der Waals surface area contributed by atoms with Crippen molar-refractivity contribution in [2.75, 3.05) is 6.54 Å². The Hall–Kier alpha value is -3.56. The van der Waals surface area contributed by atoms with Crippen molar-refractivity contribution in [1.82, 2.24) is 14.1 Å². The molecule has 164 valence electrons. The van der Waals surface area contributed by atoms with E-state index < -0.39 is 0 Å². The molecule has 4 rings (SSSR count). The number of unbranched alkanes of at least 4 members (excludes halogenated alkanes) is 1. The molecule has 0 aliphatic carbocycles. The van der Waals surface area contributed by atoms with Crippen molar-refractivity contribution in [2.24, 2.45) is 5.73 Å². The quantitative estimate of drug-likeness (QED) is 0.437. The van der Waals surface area contributed by atoms with E-state index in [0.717, 1.165) is 41.5 Å². The molecule has 2 aromatic carbocycles. The van der Waals surface area contributed by atoms with Gasteiger partial charge in [0, 0.05) is 29.2 Å². The van der Waals surface area contributed by atoms with Gasteiger partial charge in [-0.3, -0.25) is 9.55 Å². The van der Waals surface area contributed by atoms with E-state index in [9.17, 15) is 10.1 Å². The lowest BCUT2D eigenvalue weighted by Crippen LogP contribution is -2.16. The first-order valence-electron chi connectivity index (χ1n) is 11.0. The van der Waals surface area contributed by atoms with Crippen LogP contribution in [0.1, 0.15) is 44.9 Å². The Morgan fingerprint density at radius 1 is 1.06 bits per heavy atom. The predicted octanol–water partition coefficient (Wildman–Crippen LogP) is 4.70. The van der Waals surface area contributed by atoms with Gasteiger partial charge in [-0.05, 0) is 48.6 Å². The van der Waals surface area contributed by atoms with Crippen molar-refractivity contribution >= 4 is 10.9 Å². The molecule has 0 amide bonds. The number of nitrogens with two attached hydrogens (primary N) is 1. The number of aromatic amines is 1. The Labute approximate surface area is 187 Å². The highest BCUT2D eigenvalue weighted by atomic mass is 16.1. The second kappa shape index (κ2) is 8.52. The molecule has 2 aromatic heterocycles. The fourth-order valence-corrected chi connectivity index (χ4v) is 4.18. The van der Waals surface area contributed by atoms with Crippen molar-refractivity contribution in [3.63, 3.8) is 0 Å². The first-order chi connectivity index (χ1) is 15.3. The molecular weight excluding hydrogens is 398 g/mol. The minimum atomic E-state index is -0.319. The van der Waals surface area contributed by atoms with Crippen molar-refractivity contribution in [3.8, 4) is 23.0 Å². The lowest BCUT2D eigenvalue weighted by atomic mass is 9.87. The van der Waals surface area contributed by atoms with Crippen LogP contribution in [-0.2, 0) is 12.0 Å². The fraction of sp³-hybridized carbons (Fsp3) is 0.308. The van der Waals surface area contributed by atoms with E-state index in [-0.39, 0.29) is 16.8 Å². The fourth-order valence-electron chi connectivity index (χ4n) is 4.18. The van der Waals surface area contributed by atoms with Crippen LogP contribution in [0, 0.1) is 11.3 Å².